The molecule has 2 heterocycles. The lowest BCUT2D eigenvalue weighted by molar-refractivity contribution is 0.0303. The topological polar surface area (TPSA) is 50.8 Å². The number of hydrogen-bond acceptors (Lipinski definition) is 3. The van der Waals surface area contributed by atoms with Crippen LogP contribution in [0.15, 0.2) is 18.2 Å². The summed E-state index contributed by atoms with van der Waals surface area (Å²) < 4.78 is 7.68. The van der Waals surface area contributed by atoms with Gasteiger partial charge in [0.25, 0.3) is 0 Å². The van der Waals surface area contributed by atoms with E-state index in [0.717, 1.165) is 42.9 Å². The zero-order valence-corrected chi connectivity index (χ0v) is 12.2. The molecule has 1 aliphatic heterocycles. The molecule has 0 radical (unpaired) electrons. The molecule has 1 fully saturated rings. The molecular weight excluding hydrogens is 274 g/mol. The Morgan fingerprint density at radius 3 is 2.85 bits per heavy atom. The smallest absolute Gasteiger partial charge is 0.125 e. The number of benzene rings is 1. The van der Waals surface area contributed by atoms with E-state index in [1.54, 1.807) is 6.07 Å². The molecular formula is C15H16ClN3O. The highest BCUT2D eigenvalue weighted by Gasteiger charge is 2.32. The van der Waals surface area contributed by atoms with E-state index in [0.29, 0.717) is 11.4 Å². The van der Waals surface area contributed by atoms with Crippen LogP contribution in [0, 0.1) is 11.3 Å². The molecule has 1 aromatic carbocycles. The van der Waals surface area contributed by atoms with Crippen molar-refractivity contribution in [1.82, 2.24) is 9.55 Å². The normalized spacial score (nSPS) is 18.1. The summed E-state index contributed by atoms with van der Waals surface area (Å²) >= 11 is 6.08. The van der Waals surface area contributed by atoms with Gasteiger partial charge in [-0.2, -0.15) is 5.26 Å². The fourth-order valence-electron chi connectivity index (χ4n) is 2.92. The van der Waals surface area contributed by atoms with Gasteiger partial charge in [0.2, 0.25) is 0 Å². The van der Waals surface area contributed by atoms with Gasteiger partial charge in [0.1, 0.15) is 5.82 Å². The number of nitrogens with zero attached hydrogens (tertiary/aromatic N) is 3. The van der Waals surface area contributed by atoms with Crippen molar-refractivity contribution in [1.29, 1.82) is 5.26 Å². The lowest BCUT2D eigenvalue weighted by Gasteiger charge is -2.36. The van der Waals surface area contributed by atoms with Crippen LogP contribution in [-0.2, 0) is 16.2 Å². The Hall–Kier alpha value is -1.57. The minimum Gasteiger partial charge on any atom is -0.381 e. The van der Waals surface area contributed by atoms with Gasteiger partial charge in [-0.15, -0.1) is 11.6 Å². The molecule has 0 unspecified atom stereocenters. The van der Waals surface area contributed by atoms with Crippen LogP contribution >= 0.6 is 11.6 Å². The van der Waals surface area contributed by atoms with Gasteiger partial charge in [-0.1, -0.05) is 0 Å². The van der Waals surface area contributed by atoms with Crippen LogP contribution in [-0.4, -0.2) is 22.8 Å². The average molecular weight is 290 g/mol. The van der Waals surface area contributed by atoms with Gasteiger partial charge < -0.3 is 9.30 Å². The number of alkyl halides is 1. The van der Waals surface area contributed by atoms with Gasteiger partial charge in [-0.3, -0.25) is 0 Å². The van der Waals surface area contributed by atoms with E-state index < -0.39 is 0 Å². The average Bonchev–Trinajstić information content (AvgIpc) is 2.86. The third-order valence-electron chi connectivity index (χ3n) is 4.08. The summed E-state index contributed by atoms with van der Waals surface area (Å²) in [5, 5.41) is 9.10. The van der Waals surface area contributed by atoms with E-state index in [4.69, 9.17) is 21.6 Å². The maximum absolute atomic E-state index is 9.10. The van der Waals surface area contributed by atoms with Crippen molar-refractivity contribution >= 4 is 22.6 Å². The SMILES string of the molecule is CC1(n2c(CCl)nc3ccc(C#N)cc32)CCOCC1. The van der Waals surface area contributed by atoms with Crippen molar-refractivity contribution in [3.05, 3.63) is 29.6 Å². The van der Waals surface area contributed by atoms with Gasteiger partial charge in [0, 0.05) is 18.8 Å². The quantitative estimate of drug-likeness (QED) is 0.798. The first-order chi connectivity index (χ1) is 9.68. The highest BCUT2D eigenvalue weighted by atomic mass is 35.5. The zero-order chi connectivity index (χ0) is 14.2. The number of halogens is 1. The van der Waals surface area contributed by atoms with Crippen LogP contribution in [0.4, 0.5) is 0 Å². The molecule has 0 aliphatic carbocycles. The van der Waals surface area contributed by atoms with Crippen LogP contribution in [0.5, 0.6) is 0 Å². The van der Waals surface area contributed by atoms with E-state index in [-0.39, 0.29) is 5.54 Å². The van der Waals surface area contributed by atoms with Crippen molar-refractivity contribution < 1.29 is 4.74 Å². The summed E-state index contributed by atoms with van der Waals surface area (Å²) in [4.78, 5) is 4.61. The number of hydrogen-bond donors (Lipinski definition) is 0. The van der Waals surface area contributed by atoms with Crippen molar-refractivity contribution in [3.63, 3.8) is 0 Å². The third kappa shape index (κ3) is 2.07. The zero-order valence-electron chi connectivity index (χ0n) is 11.4. The Bertz CT molecular complexity index is 680. The van der Waals surface area contributed by atoms with Gasteiger partial charge in [0.15, 0.2) is 0 Å². The lowest BCUT2D eigenvalue weighted by Crippen LogP contribution is -2.37. The first kappa shape index (κ1) is 13.4. The molecule has 0 amide bonds. The molecule has 0 atom stereocenters. The van der Waals surface area contributed by atoms with Crippen LogP contribution in [0.25, 0.3) is 11.0 Å². The van der Waals surface area contributed by atoms with E-state index in [9.17, 15) is 0 Å². The third-order valence-corrected chi connectivity index (χ3v) is 4.32. The Labute approximate surface area is 122 Å². The summed E-state index contributed by atoms with van der Waals surface area (Å²) in [7, 11) is 0. The van der Waals surface area contributed by atoms with Gasteiger partial charge in [-0.25, -0.2) is 4.98 Å². The van der Waals surface area contributed by atoms with Crippen molar-refractivity contribution in [2.24, 2.45) is 0 Å². The van der Waals surface area contributed by atoms with Gasteiger partial charge >= 0.3 is 0 Å². The molecule has 20 heavy (non-hydrogen) atoms. The van der Waals surface area contributed by atoms with Crippen LogP contribution in [0.1, 0.15) is 31.2 Å². The second-order valence-corrected chi connectivity index (χ2v) is 5.69. The molecule has 2 aromatic rings. The Morgan fingerprint density at radius 2 is 2.20 bits per heavy atom. The van der Waals surface area contributed by atoms with Crippen molar-refractivity contribution in [2.45, 2.75) is 31.2 Å². The molecule has 0 saturated carbocycles. The highest BCUT2D eigenvalue weighted by molar-refractivity contribution is 6.16. The molecule has 0 bridgehead atoms. The fraction of sp³-hybridized carbons (Fsp3) is 0.467. The second kappa shape index (κ2) is 5.08. The first-order valence-corrected chi connectivity index (χ1v) is 7.27. The summed E-state index contributed by atoms with van der Waals surface area (Å²) in [5.41, 5.74) is 2.48. The monoisotopic (exact) mass is 289 g/mol. The Balaban J connectivity index is 2.23. The molecule has 1 saturated heterocycles. The molecule has 0 N–H and O–H groups in total. The summed E-state index contributed by atoms with van der Waals surface area (Å²) in [5.74, 6) is 1.23. The maximum Gasteiger partial charge on any atom is 0.125 e. The summed E-state index contributed by atoms with van der Waals surface area (Å²) in [6, 6.07) is 7.78. The standard InChI is InChI=1S/C15H16ClN3O/c1-15(4-6-20-7-5-15)19-13-8-11(10-17)2-3-12(13)18-14(19)9-16/h2-3,8H,4-7,9H2,1H3. The molecule has 1 aromatic heterocycles. The van der Waals surface area contributed by atoms with Crippen LogP contribution in [0.2, 0.25) is 0 Å². The molecule has 1 aliphatic rings. The van der Waals surface area contributed by atoms with E-state index in [1.165, 1.54) is 0 Å². The predicted octanol–water partition coefficient (Wildman–Crippen LogP) is 3.17. The lowest BCUT2D eigenvalue weighted by atomic mass is 9.91. The van der Waals surface area contributed by atoms with Crippen LogP contribution < -0.4 is 0 Å². The number of rotatable bonds is 2. The number of aromatic nitrogens is 2. The Morgan fingerprint density at radius 1 is 1.45 bits per heavy atom. The van der Waals surface area contributed by atoms with Gasteiger partial charge in [-0.05, 0) is 38.0 Å². The minimum absolute atomic E-state index is 0.0503. The molecule has 104 valence electrons. The molecule has 3 rings (SSSR count). The van der Waals surface area contributed by atoms with Crippen molar-refractivity contribution in [2.75, 3.05) is 13.2 Å². The first-order valence-electron chi connectivity index (χ1n) is 6.73. The fourth-order valence-corrected chi connectivity index (χ4v) is 3.10. The number of imidazole rings is 1. The minimum atomic E-state index is -0.0503. The number of ether oxygens (including phenoxy) is 1. The summed E-state index contributed by atoms with van der Waals surface area (Å²) in [6.07, 6.45) is 1.86. The van der Waals surface area contributed by atoms with E-state index >= 15 is 0 Å². The largest absolute Gasteiger partial charge is 0.381 e. The molecule has 4 nitrogen and oxygen atoms in total. The maximum atomic E-state index is 9.10. The summed E-state index contributed by atoms with van der Waals surface area (Å²) in [6.45, 7) is 3.71. The van der Waals surface area contributed by atoms with Crippen LogP contribution in [0.3, 0.4) is 0 Å². The van der Waals surface area contributed by atoms with E-state index in [1.807, 2.05) is 12.1 Å². The van der Waals surface area contributed by atoms with Crippen molar-refractivity contribution in [3.8, 4) is 6.07 Å². The predicted molar refractivity (Wildman–Crippen MR) is 77.7 cm³/mol. The molecule has 5 heteroatoms. The second-order valence-electron chi connectivity index (χ2n) is 5.42. The molecule has 0 spiro atoms. The highest BCUT2D eigenvalue weighted by Crippen LogP contribution is 2.34. The number of nitriles is 1. The Kier molecular flexibility index (Phi) is 3.41. The van der Waals surface area contributed by atoms with Gasteiger partial charge in [0.05, 0.1) is 28.5 Å². The number of fused-ring (bicyclic) bond motifs is 1. The van der Waals surface area contributed by atoms with E-state index in [2.05, 4.69) is 22.5 Å².